The van der Waals surface area contributed by atoms with Gasteiger partial charge in [-0.2, -0.15) is 0 Å². The number of urea groups is 2. The number of benzene rings is 3. The Hall–Kier alpha value is -4.05. The third-order valence-corrected chi connectivity index (χ3v) is 9.28. The first-order valence-electron chi connectivity index (χ1n) is 14.7. The molecule has 3 aromatic rings. The molecule has 1 fully saturated rings. The largest absolute Gasteiger partial charge is 0.495 e. The van der Waals surface area contributed by atoms with Crippen molar-refractivity contribution >= 4 is 42.4 Å². The van der Waals surface area contributed by atoms with E-state index in [9.17, 15) is 14.2 Å². The summed E-state index contributed by atoms with van der Waals surface area (Å²) >= 11 is 0. The lowest BCUT2D eigenvalue weighted by molar-refractivity contribution is 0.208. The summed E-state index contributed by atoms with van der Waals surface area (Å²) in [5, 5.41) is 8.70. The lowest BCUT2D eigenvalue weighted by atomic mass is 10.1. The molecule has 0 radical (unpaired) electrons. The Morgan fingerprint density at radius 2 is 1.50 bits per heavy atom. The number of nitrogens with zero attached hydrogens (tertiary/aromatic N) is 2. The van der Waals surface area contributed by atoms with Crippen LogP contribution < -0.4 is 25.6 Å². The Balaban J connectivity index is 1.27. The summed E-state index contributed by atoms with van der Waals surface area (Å²) in [6.45, 7) is 10.5. The molecule has 3 N–H and O–H groups in total. The Morgan fingerprint density at radius 1 is 0.818 bits per heavy atom. The van der Waals surface area contributed by atoms with E-state index in [1.807, 2.05) is 74.5 Å². The van der Waals surface area contributed by atoms with E-state index in [2.05, 4.69) is 20.9 Å². The van der Waals surface area contributed by atoms with Gasteiger partial charge in [0.25, 0.3) is 0 Å². The SMILES string of the molecule is CCOP(=O)(Cc1ccc(NC(=O)N2CCN(c3ccc(NC(=O)Nc4cc(C)ccc4OC)cc3)CC2)c(C)c1)OCC. The predicted octanol–water partition coefficient (Wildman–Crippen LogP) is 7.08. The highest BCUT2D eigenvalue weighted by Crippen LogP contribution is 2.51. The lowest BCUT2D eigenvalue weighted by Crippen LogP contribution is -2.50. The van der Waals surface area contributed by atoms with Gasteiger partial charge in [0, 0.05) is 43.2 Å². The quantitative estimate of drug-likeness (QED) is 0.195. The van der Waals surface area contributed by atoms with Gasteiger partial charge in [0.1, 0.15) is 5.75 Å². The molecule has 0 unspecified atom stereocenters. The highest BCUT2D eigenvalue weighted by Gasteiger charge is 2.25. The second-order valence-corrected chi connectivity index (χ2v) is 12.5. The molecule has 3 aromatic carbocycles. The van der Waals surface area contributed by atoms with Crippen molar-refractivity contribution < 1.29 is 27.9 Å². The minimum absolute atomic E-state index is 0.161. The van der Waals surface area contributed by atoms with Gasteiger partial charge >= 0.3 is 19.7 Å². The smallest absolute Gasteiger partial charge is 0.335 e. The van der Waals surface area contributed by atoms with Crippen molar-refractivity contribution in [1.82, 2.24) is 4.90 Å². The van der Waals surface area contributed by atoms with Gasteiger partial charge in [-0.3, -0.25) is 4.57 Å². The van der Waals surface area contributed by atoms with E-state index in [4.69, 9.17) is 13.8 Å². The number of carbonyl (C=O) groups excluding carboxylic acids is 2. The first-order chi connectivity index (χ1) is 21.1. The maximum absolute atomic E-state index is 13.0. The van der Waals surface area contributed by atoms with Crippen molar-refractivity contribution in [2.75, 3.05) is 67.4 Å². The molecule has 0 bridgehead atoms. The van der Waals surface area contributed by atoms with Gasteiger partial charge in [-0.25, -0.2) is 9.59 Å². The minimum Gasteiger partial charge on any atom is -0.495 e. The number of aryl methyl sites for hydroxylation is 2. The van der Waals surface area contributed by atoms with Crippen molar-refractivity contribution in [3.05, 3.63) is 77.4 Å². The molecule has 12 heteroatoms. The van der Waals surface area contributed by atoms with E-state index in [1.165, 1.54) is 0 Å². The number of hydrogen-bond acceptors (Lipinski definition) is 7. The summed E-state index contributed by atoms with van der Waals surface area (Å²) < 4.78 is 29.0. The number of nitrogens with one attached hydrogen (secondary N) is 3. The van der Waals surface area contributed by atoms with Crippen LogP contribution in [0, 0.1) is 13.8 Å². The highest BCUT2D eigenvalue weighted by molar-refractivity contribution is 7.53. The zero-order chi connectivity index (χ0) is 31.7. The van der Waals surface area contributed by atoms with Crippen molar-refractivity contribution in [2.24, 2.45) is 0 Å². The zero-order valence-corrected chi connectivity index (χ0v) is 26.9. The molecule has 0 saturated carbocycles. The van der Waals surface area contributed by atoms with Crippen LogP contribution in [0.1, 0.15) is 30.5 Å². The van der Waals surface area contributed by atoms with Crippen LogP contribution in [0.5, 0.6) is 5.75 Å². The second kappa shape index (κ2) is 15.1. The predicted molar refractivity (Wildman–Crippen MR) is 175 cm³/mol. The third-order valence-electron chi connectivity index (χ3n) is 7.22. The van der Waals surface area contributed by atoms with E-state index in [1.54, 1.807) is 25.9 Å². The number of amides is 4. The Labute approximate surface area is 259 Å². The molecular formula is C32H42N5O6P. The molecule has 1 saturated heterocycles. The van der Waals surface area contributed by atoms with Gasteiger partial charge in [-0.05, 0) is 86.8 Å². The van der Waals surface area contributed by atoms with E-state index < -0.39 is 7.60 Å². The van der Waals surface area contributed by atoms with Crippen LogP contribution in [0.25, 0.3) is 0 Å². The fourth-order valence-corrected chi connectivity index (χ4v) is 6.72. The second-order valence-electron chi connectivity index (χ2n) is 10.5. The normalized spacial score (nSPS) is 13.4. The number of anilines is 4. The number of rotatable bonds is 11. The number of carbonyl (C=O) groups is 2. The van der Waals surface area contributed by atoms with Crippen LogP contribution >= 0.6 is 7.60 Å². The third kappa shape index (κ3) is 8.75. The summed E-state index contributed by atoms with van der Waals surface area (Å²) in [4.78, 5) is 29.6. The maximum atomic E-state index is 13.0. The molecule has 1 aliphatic heterocycles. The molecule has 4 rings (SSSR count). The zero-order valence-electron chi connectivity index (χ0n) is 26.0. The summed E-state index contributed by atoms with van der Waals surface area (Å²) in [5.41, 5.74) is 5.69. The maximum Gasteiger partial charge on any atom is 0.335 e. The molecule has 1 aliphatic rings. The van der Waals surface area contributed by atoms with Gasteiger partial charge in [-0.1, -0.05) is 18.2 Å². The monoisotopic (exact) mass is 623 g/mol. The topological polar surface area (TPSA) is 121 Å². The van der Waals surface area contributed by atoms with Gasteiger partial charge in [0.2, 0.25) is 0 Å². The minimum atomic E-state index is -3.21. The number of ether oxygens (including phenoxy) is 1. The van der Waals surface area contributed by atoms with Crippen LogP contribution in [0.3, 0.4) is 0 Å². The summed E-state index contributed by atoms with van der Waals surface area (Å²) in [6, 6.07) is 18.3. The first kappa shape index (κ1) is 32.9. The van der Waals surface area contributed by atoms with Gasteiger partial charge in [-0.15, -0.1) is 0 Å². The molecule has 0 spiro atoms. The van der Waals surface area contributed by atoms with E-state index >= 15 is 0 Å². The van der Waals surface area contributed by atoms with Crippen molar-refractivity contribution in [2.45, 2.75) is 33.9 Å². The molecule has 0 atom stereocenters. The Bertz CT molecular complexity index is 1480. The molecule has 0 aromatic heterocycles. The van der Waals surface area contributed by atoms with Gasteiger partial charge in [0.15, 0.2) is 0 Å². The first-order valence-corrected chi connectivity index (χ1v) is 16.5. The standard InChI is InChI=1S/C32H42N5O6P/c1-6-42-44(40,43-7-2)22-25-9-14-28(24(4)21-25)35-32(39)37-18-16-36(17-19-37)27-12-10-26(11-13-27)33-31(38)34-29-20-23(3)8-15-30(29)41-5/h8-15,20-21H,6-7,16-19,22H2,1-5H3,(H,35,39)(H2,33,34,38). The summed E-state index contributed by atoms with van der Waals surface area (Å²) in [6.07, 6.45) is 0.179. The van der Waals surface area contributed by atoms with E-state index in [0.29, 0.717) is 62.2 Å². The van der Waals surface area contributed by atoms with Crippen molar-refractivity contribution in [1.29, 1.82) is 0 Å². The Morgan fingerprint density at radius 3 is 2.11 bits per heavy atom. The average molecular weight is 624 g/mol. The molecule has 0 aliphatic carbocycles. The molecule has 44 heavy (non-hydrogen) atoms. The van der Waals surface area contributed by atoms with Gasteiger partial charge in [0.05, 0.1) is 32.2 Å². The molecule has 4 amide bonds. The molecule has 236 valence electrons. The van der Waals surface area contributed by atoms with Crippen molar-refractivity contribution in [3.63, 3.8) is 0 Å². The molecular weight excluding hydrogens is 581 g/mol. The highest BCUT2D eigenvalue weighted by atomic mass is 31.2. The van der Waals surface area contributed by atoms with Crippen LogP contribution in [0.2, 0.25) is 0 Å². The fraction of sp³-hybridized carbons (Fsp3) is 0.375. The number of piperazine rings is 1. The number of hydrogen-bond donors (Lipinski definition) is 3. The van der Waals surface area contributed by atoms with Crippen LogP contribution in [-0.4, -0.2) is 63.5 Å². The number of methoxy groups -OCH3 is 1. The van der Waals surface area contributed by atoms with Crippen LogP contribution in [0.4, 0.5) is 32.3 Å². The summed E-state index contributed by atoms with van der Waals surface area (Å²) in [7, 11) is -1.65. The van der Waals surface area contributed by atoms with Gasteiger partial charge < -0.3 is 39.5 Å². The van der Waals surface area contributed by atoms with Crippen LogP contribution in [0.15, 0.2) is 60.7 Å². The lowest BCUT2D eigenvalue weighted by Gasteiger charge is -2.36. The average Bonchev–Trinajstić information content (AvgIpc) is 2.99. The van der Waals surface area contributed by atoms with Crippen molar-refractivity contribution in [3.8, 4) is 5.75 Å². The summed E-state index contributed by atoms with van der Waals surface area (Å²) in [5.74, 6) is 0.589. The molecule has 1 heterocycles. The van der Waals surface area contributed by atoms with Crippen LogP contribution in [-0.2, 0) is 19.8 Å². The Kier molecular flexibility index (Phi) is 11.3. The van der Waals surface area contributed by atoms with E-state index in [-0.39, 0.29) is 18.2 Å². The fourth-order valence-electron chi connectivity index (χ4n) is 5.03. The van der Waals surface area contributed by atoms with E-state index in [0.717, 1.165) is 22.4 Å². The molecule has 11 nitrogen and oxygen atoms in total.